The molecule has 0 spiro atoms. The van der Waals surface area contributed by atoms with Crippen LogP contribution >= 0.6 is 0 Å². The van der Waals surface area contributed by atoms with Crippen molar-refractivity contribution in [1.29, 1.82) is 0 Å². The van der Waals surface area contributed by atoms with Crippen LogP contribution in [-0.4, -0.2) is 23.1 Å². The van der Waals surface area contributed by atoms with E-state index < -0.39 is 11.5 Å². The Morgan fingerprint density at radius 1 is 1.10 bits per heavy atom. The molecule has 2 aromatic carbocycles. The summed E-state index contributed by atoms with van der Waals surface area (Å²) in [5, 5.41) is 10.6. The zero-order valence-electron chi connectivity index (χ0n) is 15.9. The summed E-state index contributed by atoms with van der Waals surface area (Å²) < 4.78 is 10.5. The van der Waals surface area contributed by atoms with E-state index in [1.165, 1.54) is 25.3 Å². The number of hydrogen-bond acceptors (Lipinski definition) is 7. The average Bonchev–Trinajstić information content (AvgIpc) is 2.72. The molecule has 4 rings (SSSR count). The zero-order chi connectivity index (χ0) is 21.4. The molecule has 150 valence electrons. The van der Waals surface area contributed by atoms with E-state index in [2.05, 4.69) is 4.98 Å². The summed E-state index contributed by atoms with van der Waals surface area (Å²) in [7, 11) is 1.40. The first-order valence-corrected chi connectivity index (χ1v) is 8.90. The van der Waals surface area contributed by atoms with E-state index in [0.29, 0.717) is 22.1 Å². The molecule has 0 saturated heterocycles. The van der Waals surface area contributed by atoms with Gasteiger partial charge >= 0.3 is 5.63 Å². The Kier molecular flexibility index (Phi) is 4.59. The van der Waals surface area contributed by atoms with Crippen molar-refractivity contribution in [2.75, 3.05) is 12.8 Å². The maximum Gasteiger partial charge on any atom is 0.345 e. The van der Waals surface area contributed by atoms with Gasteiger partial charge < -0.3 is 25.7 Å². The first kappa shape index (κ1) is 19.0. The van der Waals surface area contributed by atoms with Gasteiger partial charge in [0.05, 0.1) is 23.9 Å². The van der Waals surface area contributed by atoms with E-state index in [1.807, 2.05) is 6.07 Å². The maximum atomic E-state index is 12.6. The largest absolute Gasteiger partial charge is 0.504 e. The number of phenolic OH excluding ortho intramolecular Hbond substituents is 1. The molecule has 0 bridgehead atoms. The molecule has 8 nitrogen and oxygen atoms in total. The number of carbonyl (C=O) groups excluding carboxylic acids is 1. The van der Waals surface area contributed by atoms with Gasteiger partial charge in [-0.1, -0.05) is 24.3 Å². The number of aromatic hydroxyl groups is 1. The summed E-state index contributed by atoms with van der Waals surface area (Å²) in [6.45, 7) is 0. The van der Waals surface area contributed by atoms with Crippen LogP contribution in [0.3, 0.4) is 0 Å². The highest BCUT2D eigenvalue weighted by molar-refractivity contribution is 6.04. The molecule has 0 radical (unpaired) electrons. The molecule has 0 fully saturated rings. The van der Waals surface area contributed by atoms with E-state index in [1.54, 1.807) is 30.3 Å². The Morgan fingerprint density at radius 2 is 1.87 bits per heavy atom. The molecule has 30 heavy (non-hydrogen) atoms. The third-order valence-corrected chi connectivity index (χ3v) is 4.70. The first-order chi connectivity index (χ1) is 14.4. The second-order valence-corrected chi connectivity index (χ2v) is 6.55. The number of hydrogen-bond donors (Lipinski definition) is 3. The molecular weight excluding hydrogens is 386 g/mol. The van der Waals surface area contributed by atoms with Gasteiger partial charge in [-0.2, -0.15) is 0 Å². The Morgan fingerprint density at radius 3 is 2.60 bits per heavy atom. The summed E-state index contributed by atoms with van der Waals surface area (Å²) in [5.41, 5.74) is 12.7. The average molecular weight is 403 g/mol. The van der Waals surface area contributed by atoms with Gasteiger partial charge in [-0.15, -0.1) is 0 Å². The number of methoxy groups -OCH3 is 1. The summed E-state index contributed by atoms with van der Waals surface area (Å²) in [6, 6.07) is 14.8. The van der Waals surface area contributed by atoms with Gasteiger partial charge in [0.15, 0.2) is 11.5 Å². The molecule has 0 unspecified atom stereocenters. The predicted molar refractivity (Wildman–Crippen MR) is 112 cm³/mol. The van der Waals surface area contributed by atoms with Crippen molar-refractivity contribution in [3.8, 4) is 33.9 Å². The molecule has 2 aromatic heterocycles. The fourth-order valence-corrected chi connectivity index (χ4v) is 3.28. The number of benzene rings is 2. The zero-order valence-corrected chi connectivity index (χ0v) is 15.9. The lowest BCUT2D eigenvalue weighted by molar-refractivity contribution is 0.100. The van der Waals surface area contributed by atoms with Crippen molar-refractivity contribution < 1.29 is 19.1 Å². The molecule has 0 aliphatic carbocycles. The summed E-state index contributed by atoms with van der Waals surface area (Å²) in [5.74, 6) is -0.780. The van der Waals surface area contributed by atoms with E-state index in [9.17, 15) is 14.7 Å². The van der Waals surface area contributed by atoms with Crippen molar-refractivity contribution in [3.05, 3.63) is 70.6 Å². The number of fused-ring (bicyclic) bond motifs is 1. The lowest BCUT2D eigenvalue weighted by Gasteiger charge is -2.13. The summed E-state index contributed by atoms with van der Waals surface area (Å²) >= 11 is 0. The van der Waals surface area contributed by atoms with Crippen LogP contribution in [0.25, 0.3) is 33.4 Å². The SMILES string of the molecule is COc1cc(-c2cc(-c3cc4ccccc4oc3=O)nc(N)c2C(N)=O)ccc1O. The quantitative estimate of drug-likeness (QED) is 0.445. The predicted octanol–water partition coefficient (Wildman–Crippen LogP) is 2.92. The number of amides is 1. The Bertz CT molecular complexity index is 1360. The van der Waals surface area contributed by atoms with Gasteiger partial charge in [0.2, 0.25) is 0 Å². The van der Waals surface area contributed by atoms with Crippen molar-refractivity contribution in [2.45, 2.75) is 0 Å². The van der Waals surface area contributed by atoms with Crippen molar-refractivity contribution in [2.24, 2.45) is 5.73 Å². The summed E-state index contributed by atoms with van der Waals surface area (Å²) in [4.78, 5) is 28.8. The fourth-order valence-electron chi connectivity index (χ4n) is 3.28. The van der Waals surface area contributed by atoms with Crippen LogP contribution in [0.15, 0.2) is 63.8 Å². The molecular formula is C22H17N3O5. The van der Waals surface area contributed by atoms with Crippen LogP contribution in [0.1, 0.15) is 10.4 Å². The molecule has 0 atom stereocenters. The van der Waals surface area contributed by atoms with Crippen LogP contribution in [-0.2, 0) is 0 Å². The normalized spacial score (nSPS) is 10.8. The van der Waals surface area contributed by atoms with Gasteiger partial charge in [0.1, 0.15) is 11.4 Å². The number of ether oxygens (including phenoxy) is 1. The number of aromatic nitrogens is 1. The van der Waals surface area contributed by atoms with Crippen LogP contribution in [0.5, 0.6) is 11.5 Å². The lowest BCUT2D eigenvalue weighted by atomic mass is 9.97. The van der Waals surface area contributed by atoms with Gasteiger partial charge in [0, 0.05) is 10.9 Å². The molecule has 4 aromatic rings. The molecule has 5 N–H and O–H groups in total. The van der Waals surface area contributed by atoms with E-state index in [4.69, 9.17) is 20.6 Å². The topological polar surface area (TPSA) is 142 Å². The van der Waals surface area contributed by atoms with Gasteiger partial charge in [-0.25, -0.2) is 9.78 Å². The molecule has 0 aliphatic rings. The second-order valence-electron chi connectivity index (χ2n) is 6.55. The van der Waals surface area contributed by atoms with Crippen LogP contribution in [0.4, 0.5) is 5.82 Å². The Balaban J connectivity index is 1.99. The van der Waals surface area contributed by atoms with Crippen molar-refractivity contribution in [3.63, 3.8) is 0 Å². The smallest absolute Gasteiger partial charge is 0.345 e. The number of primary amides is 1. The molecule has 8 heteroatoms. The number of nitrogens with two attached hydrogens (primary N) is 2. The molecule has 0 aliphatic heterocycles. The Hall–Kier alpha value is -4.33. The Labute approximate surface area is 170 Å². The maximum absolute atomic E-state index is 12.6. The number of pyridine rings is 1. The number of phenols is 1. The highest BCUT2D eigenvalue weighted by Crippen LogP contribution is 2.36. The van der Waals surface area contributed by atoms with Gasteiger partial charge in [-0.3, -0.25) is 4.79 Å². The number of nitrogen functional groups attached to an aromatic ring is 1. The highest BCUT2D eigenvalue weighted by Gasteiger charge is 2.20. The number of nitrogens with zero attached hydrogens (tertiary/aromatic N) is 1. The number of para-hydroxylation sites is 1. The molecule has 2 heterocycles. The molecule has 1 amide bonds. The monoisotopic (exact) mass is 403 g/mol. The minimum atomic E-state index is -0.779. The third-order valence-electron chi connectivity index (χ3n) is 4.70. The number of rotatable bonds is 4. The van der Waals surface area contributed by atoms with Crippen LogP contribution < -0.4 is 21.8 Å². The van der Waals surface area contributed by atoms with E-state index in [0.717, 1.165) is 0 Å². The van der Waals surface area contributed by atoms with Crippen molar-refractivity contribution >= 4 is 22.7 Å². The fraction of sp³-hybridized carbons (Fsp3) is 0.0455. The first-order valence-electron chi connectivity index (χ1n) is 8.90. The van der Waals surface area contributed by atoms with Crippen LogP contribution in [0, 0.1) is 0 Å². The van der Waals surface area contributed by atoms with Crippen molar-refractivity contribution in [1.82, 2.24) is 4.98 Å². The van der Waals surface area contributed by atoms with E-state index in [-0.39, 0.29) is 34.1 Å². The standard InChI is InChI=1S/C22H17N3O5/c1-29-18-9-11(6-7-16(18)26)13-10-15(25-20(23)19(13)21(24)27)14-8-12-4-2-3-5-17(12)30-22(14)28/h2-10,26H,1H3,(H2,23,25)(H2,24,27). The lowest BCUT2D eigenvalue weighted by Crippen LogP contribution is -2.17. The third kappa shape index (κ3) is 3.20. The van der Waals surface area contributed by atoms with E-state index >= 15 is 0 Å². The van der Waals surface area contributed by atoms with Gasteiger partial charge in [-0.05, 0) is 35.9 Å². The molecule has 0 saturated carbocycles. The minimum Gasteiger partial charge on any atom is -0.504 e. The second kappa shape index (κ2) is 7.25. The number of carbonyl (C=O) groups is 1. The summed E-state index contributed by atoms with van der Waals surface area (Å²) in [6.07, 6.45) is 0. The van der Waals surface area contributed by atoms with Crippen LogP contribution in [0.2, 0.25) is 0 Å². The highest BCUT2D eigenvalue weighted by atomic mass is 16.5. The van der Waals surface area contributed by atoms with Gasteiger partial charge in [0.25, 0.3) is 5.91 Å². The minimum absolute atomic E-state index is 0.00308. The number of anilines is 1.